The van der Waals surface area contributed by atoms with Crippen molar-refractivity contribution in [2.75, 3.05) is 0 Å². The number of rotatable bonds is 0. The summed E-state index contributed by atoms with van der Waals surface area (Å²) in [5.74, 6) is 0. The Morgan fingerprint density at radius 3 is 2.79 bits per heavy atom. The maximum absolute atomic E-state index is 11.7. The third kappa shape index (κ3) is 1.25. The molecule has 0 bridgehead atoms. The van der Waals surface area contributed by atoms with E-state index in [2.05, 4.69) is 0 Å². The fraction of sp³-hybridized carbons (Fsp3) is 0.100. The molecule has 2 aromatic rings. The van der Waals surface area contributed by atoms with E-state index in [1.54, 1.807) is 31.4 Å². The summed E-state index contributed by atoms with van der Waals surface area (Å²) in [6, 6.07) is 5.13. The third-order valence-corrected chi connectivity index (χ3v) is 2.54. The first-order valence-electron chi connectivity index (χ1n) is 4.14. The summed E-state index contributed by atoms with van der Waals surface area (Å²) in [5, 5.41) is 1.63. The molecule has 2 radical (unpaired) electrons. The van der Waals surface area contributed by atoms with Crippen LogP contribution in [0.4, 0.5) is 0 Å². The van der Waals surface area contributed by atoms with E-state index in [1.165, 1.54) is 4.57 Å². The zero-order valence-corrected chi connectivity index (χ0v) is 8.38. The molecule has 0 amide bonds. The summed E-state index contributed by atoms with van der Waals surface area (Å²) in [4.78, 5) is 11.7. The lowest BCUT2D eigenvalue weighted by atomic mass is 9.91. The van der Waals surface area contributed by atoms with Crippen molar-refractivity contribution >= 4 is 35.7 Å². The summed E-state index contributed by atoms with van der Waals surface area (Å²) in [6.07, 6.45) is 1.68. The molecule has 0 aliphatic rings. The van der Waals surface area contributed by atoms with Crippen LogP contribution in [0, 0.1) is 0 Å². The molecule has 0 N–H and O–H groups in total. The molecular weight excluding hydrogens is 196 g/mol. The molecule has 0 atom stereocenters. The maximum Gasteiger partial charge on any atom is 0.259 e. The highest BCUT2D eigenvalue weighted by Gasteiger charge is 2.06. The van der Waals surface area contributed by atoms with Crippen molar-refractivity contribution in [3.63, 3.8) is 0 Å². The van der Waals surface area contributed by atoms with Crippen molar-refractivity contribution in [3.05, 3.63) is 39.8 Å². The molecule has 0 fully saturated rings. The van der Waals surface area contributed by atoms with Gasteiger partial charge in [0.2, 0.25) is 0 Å². The van der Waals surface area contributed by atoms with E-state index in [9.17, 15) is 4.79 Å². The largest absolute Gasteiger partial charge is 0.318 e. The molecule has 4 heteroatoms. The lowest BCUT2D eigenvalue weighted by Crippen LogP contribution is -2.18. The third-order valence-electron chi connectivity index (χ3n) is 2.23. The maximum atomic E-state index is 11.7. The number of benzene rings is 1. The molecular formula is C10H7BClNO. The lowest BCUT2D eigenvalue weighted by molar-refractivity contribution is 0.873. The molecule has 0 unspecified atom stereocenters. The number of aryl methyl sites for hydroxylation is 1. The van der Waals surface area contributed by atoms with E-state index in [-0.39, 0.29) is 5.56 Å². The summed E-state index contributed by atoms with van der Waals surface area (Å²) in [5.41, 5.74) is 0.446. The van der Waals surface area contributed by atoms with Gasteiger partial charge in [-0.2, -0.15) is 0 Å². The summed E-state index contributed by atoms with van der Waals surface area (Å²) < 4.78 is 1.48. The van der Waals surface area contributed by atoms with Gasteiger partial charge in [-0.05, 0) is 17.5 Å². The summed E-state index contributed by atoms with van der Waals surface area (Å²) in [7, 11) is 7.42. The average Bonchev–Trinajstić information content (AvgIpc) is 2.16. The fourth-order valence-electron chi connectivity index (χ4n) is 1.44. The van der Waals surface area contributed by atoms with Crippen LogP contribution in [-0.2, 0) is 7.05 Å². The summed E-state index contributed by atoms with van der Waals surface area (Å²) >= 11 is 5.94. The molecule has 0 aliphatic carbocycles. The standard InChI is InChI=1S/C10H7BClNO/c1-13-5-4-6-7(11)2-3-8(12)9(6)10(13)14/h2-5H,1H3. The Morgan fingerprint density at radius 2 is 2.07 bits per heavy atom. The van der Waals surface area contributed by atoms with Crippen molar-refractivity contribution in [2.45, 2.75) is 0 Å². The van der Waals surface area contributed by atoms with E-state index in [0.29, 0.717) is 21.3 Å². The number of halogens is 1. The van der Waals surface area contributed by atoms with Gasteiger partial charge in [0.1, 0.15) is 7.85 Å². The smallest absolute Gasteiger partial charge is 0.259 e. The van der Waals surface area contributed by atoms with Crippen LogP contribution in [0.15, 0.2) is 29.2 Å². The van der Waals surface area contributed by atoms with Gasteiger partial charge in [-0.25, -0.2) is 0 Å². The molecule has 1 aromatic heterocycles. The molecule has 14 heavy (non-hydrogen) atoms. The van der Waals surface area contributed by atoms with Crippen molar-refractivity contribution in [2.24, 2.45) is 7.05 Å². The van der Waals surface area contributed by atoms with Gasteiger partial charge in [-0.1, -0.05) is 23.1 Å². The monoisotopic (exact) mass is 203 g/mol. The Labute approximate surface area is 87.5 Å². The van der Waals surface area contributed by atoms with Crippen LogP contribution in [0.1, 0.15) is 0 Å². The molecule has 0 spiro atoms. The predicted molar refractivity (Wildman–Crippen MR) is 59.6 cm³/mol. The van der Waals surface area contributed by atoms with Crippen LogP contribution >= 0.6 is 11.6 Å². The minimum absolute atomic E-state index is 0.125. The van der Waals surface area contributed by atoms with Gasteiger partial charge in [0.25, 0.3) is 5.56 Å². The van der Waals surface area contributed by atoms with E-state index >= 15 is 0 Å². The number of hydrogen-bond donors (Lipinski definition) is 0. The Hall–Kier alpha value is -1.22. The number of pyridine rings is 1. The Kier molecular flexibility index (Phi) is 2.12. The van der Waals surface area contributed by atoms with Gasteiger partial charge in [-0.15, -0.1) is 0 Å². The van der Waals surface area contributed by atoms with Crippen LogP contribution < -0.4 is 11.0 Å². The van der Waals surface area contributed by atoms with Gasteiger partial charge in [-0.3, -0.25) is 4.79 Å². The average molecular weight is 203 g/mol. The molecule has 0 aliphatic heterocycles. The molecule has 1 aromatic carbocycles. The number of fused-ring (bicyclic) bond motifs is 1. The van der Waals surface area contributed by atoms with Crippen molar-refractivity contribution in [1.82, 2.24) is 4.57 Å². The number of nitrogens with zero attached hydrogens (tertiary/aromatic N) is 1. The molecule has 0 saturated heterocycles. The minimum Gasteiger partial charge on any atom is -0.318 e. The number of aromatic nitrogens is 1. The van der Waals surface area contributed by atoms with Gasteiger partial charge in [0.05, 0.1) is 10.4 Å². The fourth-order valence-corrected chi connectivity index (χ4v) is 1.68. The highest BCUT2D eigenvalue weighted by Crippen LogP contribution is 2.17. The molecule has 0 saturated carbocycles. The van der Waals surface area contributed by atoms with Crippen LogP contribution in [0.2, 0.25) is 5.02 Å². The topological polar surface area (TPSA) is 22.0 Å². The van der Waals surface area contributed by atoms with Gasteiger partial charge < -0.3 is 4.57 Å². The first kappa shape index (κ1) is 9.34. The molecule has 68 valence electrons. The van der Waals surface area contributed by atoms with E-state index in [1.807, 2.05) is 0 Å². The van der Waals surface area contributed by atoms with Crippen molar-refractivity contribution in [3.8, 4) is 0 Å². The first-order valence-corrected chi connectivity index (χ1v) is 4.52. The SMILES string of the molecule is [B]c1ccc(Cl)c2c(=O)n(C)ccc12. The zero-order valence-electron chi connectivity index (χ0n) is 7.62. The zero-order chi connectivity index (χ0) is 10.3. The van der Waals surface area contributed by atoms with E-state index in [4.69, 9.17) is 19.4 Å². The van der Waals surface area contributed by atoms with Crippen LogP contribution in [-0.4, -0.2) is 12.4 Å². The molecule has 2 nitrogen and oxygen atoms in total. The first-order chi connectivity index (χ1) is 6.61. The van der Waals surface area contributed by atoms with Crippen molar-refractivity contribution in [1.29, 1.82) is 0 Å². The lowest BCUT2D eigenvalue weighted by Gasteiger charge is -2.05. The van der Waals surface area contributed by atoms with Crippen LogP contribution in [0.25, 0.3) is 10.8 Å². The Bertz CT molecular complexity index is 562. The normalized spacial score (nSPS) is 10.7. The Balaban J connectivity index is 3.09. The second kappa shape index (κ2) is 3.17. The Morgan fingerprint density at radius 1 is 1.36 bits per heavy atom. The van der Waals surface area contributed by atoms with E-state index < -0.39 is 0 Å². The van der Waals surface area contributed by atoms with Crippen molar-refractivity contribution < 1.29 is 0 Å². The van der Waals surface area contributed by atoms with Crippen LogP contribution in [0.5, 0.6) is 0 Å². The van der Waals surface area contributed by atoms with Gasteiger partial charge in [0, 0.05) is 13.2 Å². The second-order valence-corrected chi connectivity index (χ2v) is 3.56. The predicted octanol–water partition coefficient (Wildman–Crippen LogP) is 0.986. The van der Waals surface area contributed by atoms with E-state index in [0.717, 1.165) is 0 Å². The minimum atomic E-state index is -0.125. The van der Waals surface area contributed by atoms with Gasteiger partial charge >= 0.3 is 0 Å². The summed E-state index contributed by atoms with van der Waals surface area (Å²) in [6.45, 7) is 0. The quantitative estimate of drug-likeness (QED) is 0.585. The highest BCUT2D eigenvalue weighted by molar-refractivity contribution is 6.42. The second-order valence-electron chi connectivity index (χ2n) is 3.16. The molecule has 1 heterocycles. The van der Waals surface area contributed by atoms with Crippen LogP contribution in [0.3, 0.4) is 0 Å². The van der Waals surface area contributed by atoms with Gasteiger partial charge in [0.15, 0.2) is 0 Å². The highest BCUT2D eigenvalue weighted by atomic mass is 35.5. The molecule has 2 rings (SSSR count). The number of hydrogen-bond acceptors (Lipinski definition) is 1.